The highest BCUT2D eigenvalue weighted by atomic mass is 19.4. The van der Waals surface area contributed by atoms with Gasteiger partial charge in [0, 0.05) is 33.3 Å². The molecule has 0 aliphatic rings. The molecule has 0 saturated carbocycles. The zero-order chi connectivity index (χ0) is 15.2. The van der Waals surface area contributed by atoms with Crippen LogP contribution in [0, 0.1) is 0 Å². The van der Waals surface area contributed by atoms with Gasteiger partial charge in [-0.25, -0.2) is 9.97 Å². The third-order valence-electron chi connectivity index (χ3n) is 2.77. The first-order valence-corrected chi connectivity index (χ1v) is 6.34. The first-order valence-electron chi connectivity index (χ1n) is 6.34. The van der Waals surface area contributed by atoms with Gasteiger partial charge in [0.15, 0.2) is 0 Å². The molecule has 0 fully saturated rings. The predicted molar refractivity (Wildman–Crippen MR) is 70.8 cm³/mol. The molecule has 0 spiro atoms. The molecule has 0 aliphatic heterocycles. The molecular weight excluding hydrogens is 273 g/mol. The molecule has 1 heterocycles. The van der Waals surface area contributed by atoms with Crippen molar-refractivity contribution in [2.75, 3.05) is 37.5 Å². The van der Waals surface area contributed by atoms with E-state index >= 15 is 0 Å². The molecule has 8 heteroatoms. The quantitative estimate of drug-likeness (QED) is 0.754. The summed E-state index contributed by atoms with van der Waals surface area (Å²) in [6.07, 6.45) is -2.29. The smallest absolute Gasteiger partial charge is 0.396 e. The lowest BCUT2D eigenvalue weighted by molar-refractivity contribution is -0.144. The number of hydrogen-bond acceptors (Lipinski definition) is 5. The fourth-order valence-electron chi connectivity index (χ4n) is 1.64. The van der Waals surface area contributed by atoms with E-state index in [2.05, 4.69) is 15.3 Å². The number of rotatable bonds is 7. The number of hydrogen-bond donors (Lipinski definition) is 2. The molecule has 0 saturated heterocycles. The Labute approximate surface area is 115 Å². The van der Waals surface area contributed by atoms with Crippen LogP contribution >= 0.6 is 0 Å². The summed E-state index contributed by atoms with van der Waals surface area (Å²) in [5, 5.41) is 11.3. The SMILES string of the molecule is CNc1cc(N(C)CCCCCO)nc(C(F)(F)F)n1. The average Bonchev–Trinajstić information content (AvgIpc) is 2.41. The van der Waals surface area contributed by atoms with Crippen molar-refractivity contribution in [3.63, 3.8) is 0 Å². The predicted octanol–water partition coefficient (Wildman–Crippen LogP) is 2.14. The van der Waals surface area contributed by atoms with E-state index in [-0.39, 0.29) is 18.2 Å². The van der Waals surface area contributed by atoms with Crippen molar-refractivity contribution in [1.29, 1.82) is 0 Å². The summed E-state index contributed by atoms with van der Waals surface area (Å²) in [5.41, 5.74) is 0. The first-order chi connectivity index (χ1) is 9.38. The molecule has 2 N–H and O–H groups in total. The van der Waals surface area contributed by atoms with Gasteiger partial charge in [-0.1, -0.05) is 0 Å². The Kier molecular flexibility index (Phi) is 6.00. The van der Waals surface area contributed by atoms with Gasteiger partial charge < -0.3 is 15.3 Å². The Morgan fingerprint density at radius 1 is 1.25 bits per heavy atom. The van der Waals surface area contributed by atoms with Crippen molar-refractivity contribution in [3.8, 4) is 0 Å². The molecule has 0 aromatic carbocycles. The largest absolute Gasteiger partial charge is 0.451 e. The number of halogens is 3. The van der Waals surface area contributed by atoms with E-state index in [9.17, 15) is 13.2 Å². The number of aliphatic hydroxyl groups excluding tert-OH is 1. The molecule has 1 aromatic heterocycles. The lowest BCUT2D eigenvalue weighted by Crippen LogP contribution is -2.22. The summed E-state index contributed by atoms with van der Waals surface area (Å²) in [7, 11) is 3.19. The number of nitrogens with one attached hydrogen (secondary N) is 1. The highest BCUT2D eigenvalue weighted by Crippen LogP contribution is 2.29. The maximum Gasteiger partial charge on any atom is 0.451 e. The second kappa shape index (κ2) is 7.28. The highest BCUT2D eigenvalue weighted by Gasteiger charge is 2.35. The van der Waals surface area contributed by atoms with Gasteiger partial charge in [0.25, 0.3) is 0 Å². The van der Waals surface area contributed by atoms with Gasteiger partial charge in [0.1, 0.15) is 11.6 Å². The molecule has 114 valence electrons. The highest BCUT2D eigenvalue weighted by molar-refractivity contribution is 5.48. The number of aromatic nitrogens is 2. The van der Waals surface area contributed by atoms with Crippen molar-refractivity contribution < 1.29 is 18.3 Å². The fraction of sp³-hybridized carbons (Fsp3) is 0.667. The summed E-state index contributed by atoms with van der Waals surface area (Å²) >= 11 is 0. The molecule has 0 bridgehead atoms. The number of nitrogens with zero attached hydrogens (tertiary/aromatic N) is 3. The molecule has 0 atom stereocenters. The summed E-state index contributed by atoms with van der Waals surface area (Å²) < 4.78 is 38.1. The normalized spacial score (nSPS) is 11.5. The summed E-state index contributed by atoms with van der Waals surface area (Å²) in [5.74, 6) is -0.799. The molecule has 0 unspecified atom stereocenters. The van der Waals surface area contributed by atoms with Crippen molar-refractivity contribution in [3.05, 3.63) is 11.9 Å². The van der Waals surface area contributed by atoms with Gasteiger partial charge >= 0.3 is 6.18 Å². The van der Waals surface area contributed by atoms with Crippen LogP contribution in [0.25, 0.3) is 0 Å². The zero-order valence-corrected chi connectivity index (χ0v) is 11.5. The number of aliphatic hydroxyl groups is 1. The summed E-state index contributed by atoms with van der Waals surface area (Å²) in [6.45, 7) is 0.691. The Morgan fingerprint density at radius 3 is 2.50 bits per heavy atom. The van der Waals surface area contributed by atoms with Gasteiger partial charge in [-0.05, 0) is 19.3 Å². The lowest BCUT2D eigenvalue weighted by atomic mass is 10.2. The van der Waals surface area contributed by atoms with E-state index < -0.39 is 12.0 Å². The van der Waals surface area contributed by atoms with Crippen molar-refractivity contribution in [2.24, 2.45) is 0 Å². The maximum absolute atomic E-state index is 12.7. The van der Waals surface area contributed by atoms with Crippen LogP contribution in [0.1, 0.15) is 25.1 Å². The minimum atomic E-state index is -4.57. The van der Waals surface area contributed by atoms with Gasteiger partial charge in [0.05, 0.1) is 0 Å². The first kappa shape index (κ1) is 16.5. The van der Waals surface area contributed by atoms with E-state index in [4.69, 9.17) is 5.11 Å². The Hall–Kier alpha value is -1.57. The third kappa shape index (κ3) is 4.84. The van der Waals surface area contributed by atoms with Crippen LogP contribution < -0.4 is 10.2 Å². The lowest BCUT2D eigenvalue weighted by Gasteiger charge is -2.19. The molecule has 5 nitrogen and oxygen atoms in total. The third-order valence-corrected chi connectivity index (χ3v) is 2.77. The van der Waals surface area contributed by atoms with E-state index in [1.807, 2.05) is 0 Å². The van der Waals surface area contributed by atoms with Crippen LogP contribution in [-0.2, 0) is 6.18 Å². The average molecular weight is 292 g/mol. The molecule has 0 radical (unpaired) electrons. The van der Waals surface area contributed by atoms with Crippen LogP contribution in [0.3, 0.4) is 0 Å². The second-order valence-corrected chi connectivity index (χ2v) is 4.39. The summed E-state index contributed by atoms with van der Waals surface area (Å²) in [4.78, 5) is 8.61. The number of alkyl halides is 3. The van der Waals surface area contributed by atoms with E-state index in [0.717, 1.165) is 12.8 Å². The molecule has 1 rings (SSSR count). The van der Waals surface area contributed by atoms with Gasteiger partial charge in [-0.3, -0.25) is 0 Å². The molecule has 1 aromatic rings. The van der Waals surface area contributed by atoms with Crippen LogP contribution in [0.15, 0.2) is 6.07 Å². The van der Waals surface area contributed by atoms with E-state index in [1.165, 1.54) is 13.1 Å². The molecule has 0 amide bonds. The number of anilines is 2. The summed E-state index contributed by atoms with van der Waals surface area (Å²) in [6, 6.07) is 1.47. The van der Waals surface area contributed by atoms with E-state index in [1.54, 1.807) is 11.9 Å². The fourth-order valence-corrected chi connectivity index (χ4v) is 1.64. The topological polar surface area (TPSA) is 61.3 Å². The van der Waals surface area contributed by atoms with Gasteiger partial charge in [-0.2, -0.15) is 13.2 Å². The Bertz CT molecular complexity index is 426. The molecule has 0 aliphatic carbocycles. The minimum absolute atomic E-state index is 0.124. The minimum Gasteiger partial charge on any atom is -0.396 e. The van der Waals surface area contributed by atoms with E-state index in [0.29, 0.717) is 13.0 Å². The Balaban J connectivity index is 2.82. The molecule has 20 heavy (non-hydrogen) atoms. The Morgan fingerprint density at radius 2 is 1.95 bits per heavy atom. The van der Waals surface area contributed by atoms with Crippen LogP contribution in [0.4, 0.5) is 24.8 Å². The van der Waals surface area contributed by atoms with Gasteiger partial charge in [-0.15, -0.1) is 0 Å². The monoisotopic (exact) mass is 292 g/mol. The van der Waals surface area contributed by atoms with Crippen LogP contribution in [0.2, 0.25) is 0 Å². The molecular formula is C12H19F3N4O. The number of unbranched alkanes of at least 4 members (excludes halogenated alkanes) is 2. The van der Waals surface area contributed by atoms with Crippen LogP contribution in [-0.4, -0.2) is 42.3 Å². The van der Waals surface area contributed by atoms with Crippen molar-refractivity contribution in [2.45, 2.75) is 25.4 Å². The van der Waals surface area contributed by atoms with Crippen molar-refractivity contribution >= 4 is 11.6 Å². The standard InChI is InChI=1S/C12H19F3N4O/c1-16-9-8-10(18-11(17-9)12(13,14)15)19(2)6-4-3-5-7-20/h8,20H,3-7H2,1-2H3,(H,16,17,18). The van der Waals surface area contributed by atoms with Gasteiger partial charge in [0.2, 0.25) is 5.82 Å². The van der Waals surface area contributed by atoms with Crippen molar-refractivity contribution in [1.82, 2.24) is 9.97 Å². The zero-order valence-electron chi connectivity index (χ0n) is 11.5. The maximum atomic E-state index is 12.7. The van der Waals surface area contributed by atoms with Crippen LogP contribution in [0.5, 0.6) is 0 Å². The second-order valence-electron chi connectivity index (χ2n) is 4.39.